The number of fused-ring (bicyclic) bond motifs is 12. The number of hydrogen-bond donors (Lipinski definition) is 0. The van der Waals surface area contributed by atoms with Gasteiger partial charge in [0.05, 0.1) is 16.6 Å². The van der Waals surface area contributed by atoms with Gasteiger partial charge in [-0.25, -0.2) is 0 Å². The molecule has 0 radical (unpaired) electrons. The smallest absolute Gasteiger partial charge is 0.135 e. The van der Waals surface area contributed by atoms with Crippen molar-refractivity contribution in [1.29, 1.82) is 0 Å². The second-order valence-corrected chi connectivity index (χ2v) is 16.2. The number of aromatic nitrogens is 2. The van der Waals surface area contributed by atoms with Crippen LogP contribution in [0.25, 0.3) is 116 Å². The Morgan fingerprint density at radius 1 is 0.407 bits per heavy atom. The molecule has 4 heteroatoms. The Kier molecular flexibility index (Phi) is 6.74. The lowest BCUT2D eigenvalue weighted by molar-refractivity contribution is 0.668. The van der Waals surface area contributed by atoms with E-state index < -0.39 is 0 Å². The Morgan fingerprint density at radius 3 is 1.44 bits per heavy atom. The molecule has 12 aromatic rings. The van der Waals surface area contributed by atoms with Crippen LogP contribution in [0.2, 0.25) is 0 Å². The van der Waals surface area contributed by atoms with E-state index in [9.17, 15) is 0 Å². The van der Waals surface area contributed by atoms with Crippen molar-refractivity contribution in [1.82, 2.24) is 9.13 Å². The molecule has 1 atom stereocenters. The molecule has 13 rings (SSSR count). The fourth-order valence-corrected chi connectivity index (χ4v) is 9.89. The second kappa shape index (κ2) is 12.2. The highest BCUT2D eigenvalue weighted by Gasteiger charge is 2.22. The van der Waals surface area contributed by atoms with Crippen molar-refractivity contribution in [3.05, 3.63) is 187 Å². The second-order valence-electron chi connectivity index (χ2n) is 16.2. The van der Waals surface area contributed by atoms with Gasteiger partial charge in [0.15, 0.2) is 0 Å². The van der Waals surface area contributed by atoms with Gasteiger partial charge >= 0.3 is 0 Å². The van der Waals surface area contributed by atoms with Gasteiger partial charge < -0.3 is 18.0 Å². The van der Waals surface area contributed by atoms with Gasteiger partial charge in [0.2, 0.25) is 0 Å². The number of allylic oxidation sites excluding steroid dienone is 1. The van der Waals surface area contributed by atoms with E-state index in [1.807, 2.05) is 0 Å². The van der Waals surface area contributed by atoms with Crippen LogP contribution in [-0.2, 0) is 6.42 Å². The fraction of sp³-hybridized carbons (Fsp3) is 0.0545. The highest BCUT2D eigenvalue weighted by Crippen LogP contribution is 2.40. The van der Waals surface area contributed by atoms with Crippen molar-refractivity contribution >= 4 is 82.7 Å². The molecule has 59 heavy (non-hydrogen) atoms. The van der Waals surface area contributed by atoms with Crippen LogP contribution in [0, 0.1) is 5.92 Å². The average molecular weight is 757 g/mol. The van der Waals surface area contributed by atoms with Gasteiger partial charge in [-0.15, -0.1) is 0 Å². The predicted octanol–water partition coefficient (Wildman–Crippen LogP) is 15.1. The molecule has 0 spiro atoms. The van der Waals surface area contributed by atoms with Gasteiger partial charge in [-0.05, 0) is 131 Å². The van der Waals surface area contributed by atoms with Crippen molar-refractivity contribution in [2.24, 2.45) is 5.92 Å². The molecule has 8 aromatic carbocycles. The summed E-state index contributed by atoms with van der Waals surface area (Å²) in [6.45, 7) is 2.30. The molecule has 278 valence electrons. The fourth-order valence-electron chi connectivity index (χ4n) is 9.89. The minimum Gasteiger partial charge on any atom is -0.456 e. The zero-order chi connectivity index (χ0) is 38.8. The van der Waals surface area contributed by atoms with E-state index in [4.69, 9.17) is 8.83 Å². The highest BCUT2D eigenvalue weighted by atomic mass is 16.3. The molecule has 0 N–H and O–H groups in total. The van der Waals surface area contributed by atoms with Gasteiger partial charge in [-0.1, -0.05) is 97.9 Å². The van der Waals surface area contributed by atoms with E-state index in [0.717, 1.165) is 83.9 Å². The van der Waals surface area contributed by atoms with E-state index in [-0.39, 0.29) is 0 Å². The number of furan rings is 2. The summed E-state index contributed by atoms with van der Waals surface area (Å²) in [7, 11) is 0. The molecule has 0 amide bonds. The molecule has 0 saturated carbocycles. The molecule has 0 fully saturated rings. The minimum absolute atomic E-state index is 0.527. The van der Waals surface area contributed by atoms with E-state index in [1.165, 1.54) is 44.0 Å². The van der Waals surface area contributed by atoms with Gasteiger partial charge in [0.1, 0.15) is 22.3 Å². The Morgan fingerprint density at radius 2 is 0.864 bits per heavy atom. The first-order chi connectivity index (χ1) is 29.1. The van der Waals surface area contributed by atoms with Crippen LogP contribution in [0.3, 0.4) is 0 Å². The molecule has 4 aromatic heterocycles. The first-order valence-corrected chi connectivity index (χ1v) is 20.5. The molecule has 0 aliphatic heterocycles. The van der Waals surface area contributed by atoms with Crippen molar-refractivity contribution in [3.63, 3.8) is 0 Å². The van der Waals surface area contributed by atoms with Gasteiger partial charge in [0.25, 0.3) is 0 Å². The first-order valence-electron chi connectivity index (χ1n) is 20.5. The SMILES string of the molecule is CC1C=Cc2c(c3ccccc3n2-c2ccc3oc4ccc(-c5cccc(-c6ccc7oc8ccc(-n9c%10ccccc%10c%10ccccc%109)cc8c7c6)c5)cc4c3c2)C1. The van der Waals surface area contributed by atoms with Crippen molar-refractivity contribution in [2.45, 2.75) is 13.3 Å². The number of rotatable bonds is 4. The number of nitrogens with zero attached hydrogens (tertiary/aromatic N) is 2. The summed E-state index contributed by atoms with van der Waals surface area (Å²) in [5.74, 6) is 0.527. The van der Waals surface area contributed by atoms with Gasteiger partial charge in [-0.2, -0.15) is 0 Å². The van der Waals surface area contributed by atoms with Crippen LogP contribution < -0.4 is 0 Å². The molecule has 4 heterocycles. The quantitative estimate of drug-likeness (QED) is 0.179. The summed E-state index contributed by atoms with van der Waals surface area (Å²) in [5.41, 5.74) is 16.8. The zero-order valence-corrected chi connectivity index (χ0v) is 32.3. The Bertz CT molecular complexity index is 3680. The standard InChI is InChI=1S/C55H36N2O2/c1-33-17-22-51-43(27-33)42-13-4-7-16-50(42)57(51)39-21-26-55-47(32-39)45-30-37(19-24-53(45)59-55)35-10-8-9-34(28-35)36-18-23-52-44(29-36)46-31-38(20-25-54(46)58-52)56-48-14-5-2-11-40(48)41-12-3-6-15-49(41)56/h2-26,28-33H,27H2,1H3. The number of para-hydroxylation sites is 3. The predicted molar refractivity (Wildman–Crippen MR) is 245 cm³/mol. The summed E-state index contributed by atoms with van der Waals surface area (Å²) in [5, 5.41) is 8.29. The first kappa shape index (κ1) is 32.5. The summed E-state index contributed by atoms with van der Waals surface area (Å²) in [6.07, 6.45) is 5.70. The van der Waals surface area contributed by atoms with E-state index in [2.05, 4.69) is 198 Å². The summed E-state index contributed by atoms with van der Waals surface area (Å²) >= 11 is 0. The lowest BCUT2D eigenvalue weighted by atomic mass is 9.93. The van der Waals surface area contributed by atoms with E-state index in [0.29, 0.717) is 5.92 Å². The maximum Gasteiger partial charge on any atom is 0.135 e. The molecule has 0 bridgehead atoms. The van der Waals surface area contributed by atoms with Crippen LogP contribution in [0.15, 0.2) is 185 Å². The lowest BCUT2D eigenvalue weighted by Crippen LogP contribution is -2.05. The van der Waals surface area contributed by atoms with Crippen LogP contribution in [0.5, 0.6) is 0 Å². The van der Waals surface area contributed by atoms with Crippen LogP contribution in [0.1, 0.15) is 18.2 Å². The van der Waals surface area contributed by atoms with Crippen molar-refractivity contribution in [3.8, 4) is 33.6 Å². The third kappa shape index (κ3) is 4.84. The maximum atomic E-state index is 6.43. The molecular formula is C55H36N2O2. The monoisotopic (exact) mass is 756 g/mol. The molecule has 1 unspecified atom stereocenters. The maximum absolute atomic E-state index is 6.43. The molecular weight excluding hydrogens is 721 g/mol. The van der Waals surface area contributed by atoms with Crippen LogP contribution >= 0.6 is 0 Å². The third-order valence-corrected chi connectivity index (χ3v) is 12.7. The molecule has 1 aliphatic rings. The number of hydrogen-bond acceptors (Lipinski definition) is 2. The zero-order valence-electron chi connectivity index (χ0n) is 32.3. The summed E-state index contributed by atoms with van der Waals surface area (Å²) in [6, 6.07) is 61.3. The number of benzene rings is 8. The molecule has 4 nitrogen and oxygen atoms in total. The minimum atomic E-state index is 0.527. The Balaban J connectivity index is 0.901. The Hall–Kier alpha value is -7.56. The van der Waals surface area contributed by atoms with Crippen molar-refractivity contribution < 1.29 is 8.83 Å². The highest BCUT2D eigenvalue weighted by molar-refractivity contribution is 6.11. The van der Waals surface area contributed by atoms with Crippen molar-refractivity contribution in [2.75, 3.05) is 0 Å². The van der Waals surface area contributed by atoms with Gasteiger partial charge in [0, 0.05) is 54.8 Å². The topological polar surface area (TPSA) is 36.1 Å². The largest absolute Gasteiger partial charge is 0.456 e. The van der Waals surface area contributed by atoms with Gasteiger partial charge in [-0.3, -0.25) is 0 Å². The van der Waals surface area contributed by atoms with E-state index in [1.54, 1.807) is 0 Å². The molecule has 1 aliphatic carbocycles. The normalized spacial score (nSPS) is 14.2. The summed E-state index contributed by atoms with van der Waals surface area (Å²) < 4.78 is 17.6. The average Bonchev–Trinajstić information content (AvgIpc) is 4.03. The van der Waals surface area contributed by atoms with E-state index >= 15 is 0 Å². The lowest BCUT2D eigenvalue weighted by Gasteiger charge is -2.15. The molecule has 0 saturated heterocycles. The third-order valence-electron chi connectivity index (χ3n) is 12.7. The van der Waals surface area contributed by atoms with Crippen LogP contribution in [-0.4, -0.2) is 9.13 Å². The summed E-state index contributed by atoms with van der Waals surface area (Å²) in [4.78, 5) is 0. The van der Waals surface area contributed by atoms with Crippen LogP contribution in [0.4, 0.5) is 0 Å². The Labute approximate surface area is 339 Å².